The van der Waals surface area contributed by atoms with Gasteiger partial charge in [0.05, 0.1) is 18.6 Å². The van der Waals surface area contributed by atoms with E-state index in [9.17, 15) is 9.90 Å². The number of aliphatic hydroxyl groups is 1. The molecule has 0 heterocycles. The van der Waals surface area contributed by atoms with Crippen molar-refractivity contribution < 1.29 is 14.6 Å². The fourth-order valence-corrected chi connectivity index (χ4v) is 1.95. The van der Waals surface area contributed by atoms with Crippen molar-refractivity contribution in [2.75, 3.05) is 12.9 Å². The molecule has 0 bridgehead atoms. The molecule has 3 nitrogen and oxygen atoms in total. The summed E-state index contributed by atoms with van der Waals surface area (Å²) in [5.74, 6) is -0.383. The summed E-state index contributed by atoms with van der Waals surface area (Å²) in [5, 5.41) is 10.2. The second-order valence-corrected chi connectivity index (χ2v) is 4.86. The zero-order valence-corrected chi connectivity index (χ0v) is 11.2. The average molecular weight is 254 g/mol. The minimum Gasteiger partial charge on any atom is -0.466 e. The molecule has 0 spiro atoms. The summed E-state index contributed by atoms with van der Waals surface area (Å²) < 4.78 is 4.84. The van der Waals surface area contributed by atoms with E-state index >= 15 is 0 Å². The molecule has 0 fully saturated rings. The number of hydrogen-bond donors (Lipinski definition) is 1. The van der Waals surface area contributed by atoms with E-state index in [0.717, 1.165) is 10.5 Å². The Morgan fingerprint density at radius 2 is 2.00 bits per heavy atom. The largest absolute Gasteiger partial charge is 0.466 e. The predicted molar refractivity (Wildman–Crippen MR) is 69.0 cm³/mol. The molecule has 17 heavy (non-hydrogen) atoms. The smallest absolute Gasteiger partial charge is 0.309 e. The maximum absolute atomic E-state index is 11.4. The summed E-state index contributed by atoms with van der Waals surface area (Å²) in [4.78, 5) is 12.5. The molecule has 0 saturated carbocycles. The van der Waals surface area contributed by atoms with E-state index in [1.165, 1.54) is 0 Å². The Hall–Kier alpha value is -1.00. The highest BCUT2D eigenvalue weighted by molar-refractivity contribution is 7.98. The van der Waals surface area contributed by atoms with Crippen LogP contribution in [0.15, 0.2) is 29.2 Å². The first-order valence-electron chi connectivity index (χ1n) is 5.52. The van der Waals surface area contributed by atoms with Crippen LogP contribution in [-0.4, -0.2) is 23.9 Å². The van der Waals surface area contributed by atoms with E-state index in [-0.39, 0.29) is 12.4 Å². The first kappa shape index (κ1) is 14.1. The lowest BCUT2D eigenvalue weighted by Crippen LogP contribution is -2.26. The molecule has 0 aliphatic heterocycles. The van der Waals surface area contributed by atoms with E-state index < -0.39 is 5.60 Å². The Labute approximate surface area is 106 Å². The molecule has 1 aromatic rings. The zero-order chi connectivity index (χ0) is 12.9. The zero-order valence-electron chi connectivity index (χ0n) is 10.4. The lowest BCUT2D eigenvalue weighted by atomic mass is 9.93. The summed E-state index contributed by atoms with van der Waals surface area (Å²) in [6, 6.07) is 7.54. The van der Waals surface area contributed by atoms with Crippen molar-refractivity contribution >= 4 is 17.7 Å². The first-order valence-corrected chi connectivity index (χ1v) is 6.74. The maximum atomic E-state index is 11.4. The van der Waals surface area contributed by atoms with Gasteiger partial charge in [0, 0.05) is 4.90 Å². The standard InChI is InChI=1S/C13H18O3S/c1-4-16-12(14)9-13(2,15)10-5-7-11(17-3)8-6-10/h5-8,15H,4,9H2,1-3H3. The summed E-state index contributed by atoms with van der Waals surface area (Å²) in [6.45, 7) is 3.71. The molecule has 0 aliphatic rings. The molecule has 1 unspecified atom stereocenters. The van der Waals surface area contributed by atoms with Crippen molar-refractivity contribution in [1.29, 1.82) is 0 Å². The highest BCUT2D eigenvalue weighted by Gasteiger charge is 2.27. The van der Waals surface area contributed by atoms with E-state index in [0.29, 0.717) is 6.61 Å². The van der Waals surface area contributed by atoms with Crippen molar-refractivity contribution in [1.82, 2.24) is 0 Å². The van der Waals surface area contributed by atoms with Crippen LogP contribution >= 0.6 is 11.8 Å². The number of ether oxygens (including phenoxy) is 1. The van der Waals surface area contributed by atoms with Crippen molar-refractivity contribution in [2.45, 2.75) is 30.8 Å². The van der Waals surface area contributed by atoms with Gasteiger partial charge in [-0.05, 0) is 37.8 Å². The Morgan fingerprint density at radius 1 is 1.41 bits per heavy atom. The molecule has 0 amide bonds. The molecular weight excluding hydrogens is 236 g/mol. The van der Waals surface area contributed by atoms with Crippen LogP contribution in [0.2, 0.25) is 0 Å². The van der Waals surface area contributed by atoms with Gasteiger partial charge in [-0.2, -0.15) is 0 Å². The SMILES string of the molecule is CCOC(=O)CC(C)(O)c1ccc(SC)cc1. The minimum absolute atomic E-state index is 0.0283. The van der Waals surface area contributed by atoms with Crippen LogP contribution in [0.5, 0.6) is 0 Å². The molecule has 1 atom stereocenters. The van der Waals surface area contributed by atoms with E-state index in [2.05, 4.69) is 0 Å². The summed E-state index contributed by atoms with van der Waals surface area (Å²) >= 11 is 1.64. The van der Waals surface area contributed by atoms with Gasteiger partial charge in [-0.1, -0.05) is 12.1 Å². The van der Waals surface area contributed by atoms with Crippen molar-refractivity contribution in [3.63, 3.8) is 0 Å². The Bertz CT molecular complexity index is 371. The van der Waals surface area contributed by atoms with Gasteiger partial charge < -0.3 is 9.84 Å². The number of benzene rings is 1. The predicted octanol–water partition coefficient (Wildman–Crippen LogP) is 2.57. The van der Waals surface area contributed by atoms with Crippen molar-refractivity contribution in [2.24, 2.45) is 0 Å². The lowest BCUT2D eigenvalue weighted by molar-refractivity contribution is -0.148. The van der Waals surface area contributed by atoms with Gasteiger partial charge in [0.15, 0.2) is 0 Å². The van der Waals surface area contributed by atoms with Gasteiger partial charge in [-0.25, -0.2) is 0 Å². The van der Waals surface area contributed by atoms with Gasteiger partial charge in [0.25, 0.3) is 0 Å². The molecule has 1 aromatic carbocycles. The third kappa shape index (κ3) is 4.06. The summed E-state index contributed by atoms with van der Waals surface area (Å²) in [5.41, 5.74) is -0.452. The highest BCUT2D eigenvalue weighted by atomic mass is 32.2. The number of carbonyl (C=O) groups is 1. The third-order valence-electron chi connectivity index (χ3n) is 2.51. The number of hydrogen-bond acceptors (Lipinski definition) is 4. The summed E-state index contributed by atoms with van der Waals surface area (Å²) in [7, 11) is 0. The molecule has 4 heteroatoms. The molecule has 0 radical (unpaired) electrons. The van der Waals surface area contributed by atoms with Crippen LogP contribution in [0.3, 0.4) is 0 Å². The Kier molecular flexibility index (Phi) is 5.02. The second-order valence-electron chi connectivity index (χ2n) is 3.98. The topological polar surface area (TPSA) is 46.5 Å². The molecule has 1 N–H and O–H groups in total. The van der Waals surface area contributed by atoms with Crippen molar-refractivity contribution in [3.8, 4) is 0 Å². The molecule has 0 aromatic heterocycles. The van der Waals surface area contributed by atoms with E-state index in [1.54, 1.807) is 25.6 Å². The minimum atomic E-state index is -1.18. The average Bonchev–Trinajstić information content (AvgIpc) is 2.28. The molecular formula is C13H18O3S. The van der Waals surface area contributed by atoms with Gasteiger partial charge in [0.1, 0.15) is 0 Å². The van der Waals surface area contributed by atoms with Crippen LogP contribution in [0.4, 0.5) is 0 Å². The fourth-order valence-electron chi connectivity index (χ4n) is 1.55. The normalized spacial score (nSPS) is 14.1. The molecule has 0 saturated heterocycles. The van der Waals surface area contributed by atoms with Crippen LogP contribution in [0.25, 0.3) is 0 Å². The summed E-state index contributed by atoms with van der Waals surface area (Å²) in [6.07, 6.45) is 1.96. The number of carbonyl (C=O) groups excluding carboxylic acids is 1. The van der Waals surface area contributed by atoms with Gasteiger partial charge in [0.2, 0.25) is 0 Å². The van der Waals surface area contributed by atoms with Crippen LogP contribution < -0.4 is 0 Å². The Balaban J connectivity index is 2.77. The third-order valence-corrected chi connectivity index (χ3v) is 3.25. The number of esters is 1. The lowest BCUT2D eigenvalue weighted by Gasteiger charge is -2.22. The number of rotatable bonds is 5. The molecule has 0 aliphatic carbocycles. The molecule has 94 valence electrons. The molecule has 1 rings (SSSR count). The van der Waals surface area contributed by atoms with Gasteiger partial charge in [-0.15, -0.1) is 11.8 Å². The maximum Gasteiger partial charge on any atom is 0.309 e. The van der Waals surface area contributed by atoms with Gasteiger partial charge in [-0.3, -0.25) is 4.79 Å². The van der Waals surface area contributed by atoms with Crippen LogP contribution in [0.1, 0.15) is 25.8 Å². The van der Waals surface area contributed by atoms with Crippen molar-refractivity contribution in [3.05, 3.63) is 29.8 Å². The van der Waals surface area contributed by atoms with E-state index in [4.69, 9.17) is 4.74 Å². The van der Waals surface area contributed by atoms with Gasteiger partial charge >= 0.3 is 5.97 Å². The van der Waals surface area contributed by atoms with Crippen LogP contribution in [-0.2, 0) is 15.1 Å². The first-order chi connectivity index (χ1) is 7.99. The monoisotopic (exact) mass is 254 g/mol. The Morgan fingerprint density at radius 3 is 2.47 bits per heavy atom. The highest BCUT2D eigenvalue weighted by Crippen LogP contribution is 2.26. The van der Waals surface area contributed by atoms with Crippen LogP contribution in [0, 0.1) is 0 Å². The fraction of sp³-hybridized carbons (Fsp3) is 0.462. The van der Waals surface area contributed by atoms with E-state index in [1.807, 2.05) is 30.5 Å². The second kappa shape index (κ2) is 6.07. The quantitative estimate of drug-likeness (QED) is 0.648. The number of thioether (sulfide) groups is 1.